The molecule has 17 aliphatic rings. The van der Waals surface area contributed by atoms with Crippen LogP contribution in [0.25, 0.3) is 0 Å². The van der Waals surface area contributed by atoms with Gasteiger partial charge in [-0.05, 0) is 362 Å². The average molecular weight is 2080 g/mol. The molecule has 8 unspecified atom stereocenters. The van der Waals surface area contributed by atoms with Gasteiger partial charge in [0, 0.05) is 150 Å². The monoisotopic (exact) mass is 2070 g/mol. The van der Waals surface area contributed by atoms with E-state index in [1.807, 2.05) is 34.8 Å². The van der Waals surface area contributed by atoms with Crippen LogP contribution in [0, 0.1) is 17.8 Å². The molecule has 7 spiro atoms. The standard InChI is InChI=1S/C19H29NOS.C17H22ClNOS.C17H27NOS.C16H25NOS.C15H21F2NOS.C13H18ClNO2S.C13H18ClNOS/c1-13-11-19(12-14(2)20-13)18-16(8-9-21-19)10-17(22-18)15-6-4-3-5-7-15;18-15-7-12-5-6-20-17(16(12)21-15)8-13(10-1-2-10)19-14(9-17)11-3-4-11;1-11(2)7-15-8-14-5-6-19-17(16(14)20-15)9-12(3)18-13(4)10-17;1-10(2)14-7-13-5-6-18-16(15(13)19-14)8-11(3)17-12(4)9-16;1-9-7-15(8-10(2)18-9)14-11(3-4-19-15)5-12(20-14)6-13(16)17;1-7-4-13(5-8(2)15-7)12-9(3-11(14)18-12)10(16)6-17-13;1-8-6-13(7-9(2)15-8)12-10(3-4-16-13)5-11(14)17-12/h10,13-15,20H,3-9,11-12H2,1-2H3;7,10-11,13-14,19H,1-6,8-9H2;8,11-13,18H,5-7,9-10H2,1-4H3;7,10-12,17H,5-6,8-9H2,1-4H3;5,9-10,13,18H,3-4,6-8H2,1-2H3;3,7-8,10,15-16H,4-6H2,1-2H3;5,8-9,15H,3-4,6-7H2,1-2H3/t13-,14+,19?;13-,14+,17?;12-,13+,17?;11-,12+,16?;9-,10+,15?;7-,8+,10?,13?;8-,9+,13?. The molecule has 3 aliphatic carbocycles. The van der Waals surface area contributed by atoms with Crippen molar-refractivity contribution in [1.29, 1.82) is 0 Å². The average Bonchev–Trinajstić information content (AvgIpc) is 1.48. The second kappa shape index (κ2) is 44.1. The van der Waals surface area contributed by atoms with Gasteiger partial charge in [-0.1, -0.05) is 81.8 Å². The molecule has 0 amide bonds. The lowest BCUT2D eigenvalue weighted by molar-refractivity contribution is -0.127. The van der Waals surface area contributed by atoms with E-state index < -0.39 is 12.5 Å². The molecule has 0 aromatic carbocycles. The van der Waals surface area contributed by atoms with Gasteiger partial charge in [0.05, 0.1) is 59.3 Å². The van der Waals surface area contributed by atoms with E-state index in [0.29, 0.717) is 104 Å². The first-order chi connectivity index (χ1) is 65.4. The summed E-state index contributed by atoms with van der Waals surface area (Å²) in [5.41, 5.74) is 9.21. The largest absolute Gasteiger partial charge is 0.386 e. The molecule has 8 N–H and O–H groups in total. The summed E-state index contributed by atoms with van der Waals surface area (Å²) >= 11 is 31.3. The number of piperidine rings is 7. The van der Waals surface area contributed by atoms with Gasteiger partial charge in [0.1, 0.15) is 45.3 Å². The Kier molecular flexibility index (Phi) is 33.7. The molecular weight excluding hydrogens is 1920 g/mol. The highest BCUT2D eigenvalue weighted by atomic mass is 35.5. The van der Waals surface area contributed by atoms with E-state index in [1.165, 1.54) is 105 Å². The fourth-order valence-corrected chi connectivity index (χ4v) is 37.8. The highest BCUT2D eigenvalue weighted by Gasteiger charge is 2.56. The molecule has 14 aliphatic heterocycles. The Hall–Kier alpha value is -1.97. The maximum Gasteiger partial charge on any atom is 0.243 e. The van der Waals surface area contributed by atoms with Crippen molar-refractivity contribution >= 4 is 114 Å². The Morgan fingerprint density at radius 3 is 0.985 bits per heavy atom. The van der Waals surface area contributed by atoms with Crippen LogP contribution in [0.2, 0.25) is 13.0 Å². The van der Waals surface area contributed by atoms with E-state index in [4.69, 9.17) is 68.0 Å². The van der Waals surface area contributed by atoms with Crippen LogP contribution >= 0.6 is 114 Å². The predicted octanol–water partition coefficient (Wildman–Crippen LogP) is 26.1. The second-order valence-electron chi connectivity index (χ2n) is 46.1. The molecule has 7 saturated heterocycles. The van der Waals surface area contributed by atoms with Crippen molar-refractivity contribution in [1.82, 2.24) is 37.2 Å². The highest BCUT2D eigenvalue weighted by molar-refractivity contribution is 7.17. The number of rotatable bonds is 8. The number of fused-ring (bicyclic) bond motifs is 14. The highest BCUT2D eigenvalue weighted by Crippen LogP contribution is 2.58. The van der Waals surface area contributed by atoms with E-state index in [-0.39, 0.29) is 45.6 Å². The summed E-state index contributed by atoms with van der Waals surface area (Å²) in [5, 5.41) is 35.6. The van der Waals surface area contributed by atoms with Crippen molar-refractivity contribution in [3.63, 3.8) is 0 Å². The van der Waals surface area contributed by atoms with E-state index in [9.17, 15) is 13.9 Å². The van der Waals surface area contributed by atoms with Crippen LogP contribution in [0.1, 0.15) is 369 Å². The van der Waals surface area contributed by atoms with Crippen LogP contribution in [0.5, 0.6) is 0 Å². The third-order valence-electron chi connectivity index (χ3n) is 32.4. The Morgan fingerprint density at radius 1 is 0.336 bits per heavy atom. The molecule has 760 valence electrons. The van der Waals surface area contributed by atoms with Crippen molar-refractivity contribution in [2.24, 2.45) is 17.8 Å². The number of thiophene rings is 7. The van der Waals surface area contributed by atoms with Gasteiger partial charge >= 0.3 is 0 Å². The van der Waals surface area contributed by atoms with Gasteiger partial charge < -0.3 is 75.5 Å². The van der Waals surface area contributed by atoms with Crippen LogP contribution < -0.4 is 37.2 Å². The first-order valence-corrected chi connectivity index (χ1v) is 59.9. The summed E-state index contributed by atoms with van der Waals surface area (Å²) in [5.74, 6) is 3.99. The number of aliphatic hydroxyl groups is 1. The summed E-state index contributed by atoms with van der Waals surface area (Å²) in [4.78, 5) is 15.4. The van der Waals surface area contributed by atoms with Crippen LogP contribution in [0.3, 0.4) is 0 Å². The molecule has 24 rings (SSSR count). The molecule has 0 radical (unpaired) electrons. The Bertz CT molecular complexity index is 5010. The molecule has 10 fully saturated rings. The number of ether oxygens (including phenoxy) is 7. The summed E-state index contributed by atoms with van der Waals surface area (Å²) in [6.07, 6.45) is 32.1. The molecule has 7 aromatic heterocycles. The molecule has 21 heterocycles. The van der Waals surface area contributed by atoms with E-state index in [1.54, 1.807) is 81.5 Å². The van der Waals surface area contributed by atoms with E-state index in [2.05, 4.69) is 190 Å². The lowest BCUT2D eigenvalue weighted by Gasteiger charge is -2.47. The van der Waals surface area contributed by atoms with Crippen LogP contribution in [0.4, 0.5) is 8.78 Å². The Labute approximate surface area is 861 Å². The molecule has 15 nitrogen and oxygen atoms in total. The van der Waals surface area contributed by atoms with Crippen molar-refractivity contribution < 1.29 is 47.0 Å². The maximum absolute atomic E-state index is 12.6. The Balaban J connectivity index is 0.000000106. The molecule has 137 heavy (non-hydrogen) atoms. The minimum Gasteiger partial charge on any atom is -0.386 e. The minimum atomic E-state index is -2.27. The molecular formula is C110H160Cl3F2N7O8S7. The minimum absolute atomic E-state index is 0.00242. The second-order valence-corrected chi connectivity index (χ2v) is 55.6. The summed E-state index contributed by atoms with van der Waals surface area (Å²) in [7, 11) is 0. The fraction of sp³-hybridized carbons (Fsp3) is 0.745. The molecule has 3 saturated carbocycles. The number of hydrogen-bond donors (Lipinski definition) is 8. The molecule has 27 heteroatoms. The molecule has 0 bridgehead atoms. The van der Waals surface area contributed by atoms with E-state index >= 15 is 0 Å². The third-order valence-corrected chi connectivity index (χ3v) is 42.8. The zero-order valence-electron chi connectivity index (χ0n) is 84.6. The van der Waals surface area contributed by atoms with Crippen molar-refractivity contribution in [3.05, 3.63) is 148 Å². The topological polar surface area (TPSA) is 169 Å². The van der Waals surface area contributed by atoms with Gasteiger partial charge in [0.15, 0.2) is 0 Å². The number of halogens is 5. The zero-order chi connectivity index (χ0) is 96.4. The summed E-state index contributed by atoms with van der Waals surface area (Å²) in [6, 6.07) is 22.9. The fourth-order valence-electron chi connectivity index (χ4n) is 27.6. The number of alkyl halides is 2. The Morgan fingerprint density at radius 2 is 0.635 bits per heavy atom. The first-order valence-electron chi connectivity index (χ1n) is 53.1. The number of nitrogens with one attached hydrogen (secondary N) is 7. The zero-order valence-corrected chi connectivity index (χ0v) is 92.6. The lowest BCUT2D eigenvalue weighted by atomic mass is 9.77. The SMILES string of the molecule is CC(C)Cc1cc2c(s1)C1(C[C@@H](C)N[C@@H](C)C1)OCC2.CC(C)c1cc2c(s1)C1(C[C@@H](C)N[C@@H](C)C1)OCC2.C[C@@H]1CC2(C[C@H](C)N1)OCC(O)c1cc(Cl)sc12.C[C@@H]1CC2(C[C@H](C)N1)OCCc1cc(C3CCCCC3)sc12.C[C@@H]1CC2(C[C@H](C)N1)OCCc1cc(CC(F)F)sc12.C[C@@H]1CC2(C[C@H](C)N1)OCCc1cc(Cl)sc12.Clc1cc2c(s1)C1(C[C@@H](C3CC3)N[C@@H](C3CC3)C1)OCC2. The normalized spacial score (nSPS) is 36.4. The van der Waals surface area contributed by atoms with Gasteiger partial charge in [0.2, 0.25) is 6.43 Å². The smallest absolute Gasteiger partial charge is 0.243 e. The summed E-state index contributed by atoms with van der Waals surface area (Å²) < 4.78 is 71.8. The van der Waals surface area contributed by atoms with Crippen LogP contribution in [0.15, 0.2) is 42.5 Å². The maximum atomic E-state index is 12.6. The quantitative estimate of drug-likeness (QED) is 0.0723. The first kappa shape index (κ1) is 105. The van der Waals surface area contributed by atoms with Gasteiger partial charge in [-0.25, -0.2) is 8.78 Å². The van der Waals surface area contributed by atoms with Gasteiger partial charge in [-0.3, -0.25) is 0 Å². The van der Waals surface area contributed by atoms with Crippen molar-refractivity contribution in [2.75, 3.05) is 46.2 Å². The van der Waals surface area contributed by atoms with Crippen LogP contribution in [-0.4, -0.2) is 142 Å². The lowest BCUT2D eigenvalue weighted by Crippen LogP contribution is -2.55. The van der Waals surface area contributed by atoms with Gasteiger partial charge in [-0.2, -0.15) is 0 Å². The number of hydrogen-bond acceptors (Lipinski definition) is 22. The molecule has 22 atom stereocenters. The summed E-state index contributed by atoms with van der Waals surface area (Å²) in [6.45, 7) is 41.6. The predicted molar refractivity (Wildman–Crippen MR) is 567 cm³/mol. The van der Waals surface area contributed by atoms with Gasteiger partial charge in [0.25, 0.3) is 0 Å². The van der Waals surface area contributed by atoms with E-state index in [0.717, 1.165) is 213 Å². The number of aliphatic hydroxyl groups excluding tert-OH is 1. The molecule has 7 aromatic rings. The van der Waals surface area contributed by atoms with Crippen LogP contribution in [-0.2, 0) is 124 Å². The van der Waals surface area contributed by atoms with Crippen molar-refractivity contribution in [3.8, 4) is 0 Å². The van der Waals surface area contributed by atoms with Gasteiger partial charge in [-0.15, -0.1) is 79.4 Å². The van der Waals surface area contributed by atoms with Crippen molar-refractivity contribution in [2.45, 2.75) is 458 Å². The third kappa shape index (κ3) is 24.0.